The van der Waals surface area contributed by atoms with Crippen LogP contribution in [0.4, 0.5) is 0 Å². The number of hydrogen-bond acceptors (Lipinski definition) is 3. The fourth-order valence-corrected chi connectivity index (χ4v) is 2.89. The second-order valence-electron chi connectivity index (χ2n) is 7.03. The number of benzene rings is 2. The molecule has 0 spiro atoms. The van der Waals surface area contributed by atoms with Crippen molar-refractivity contribution in [3.8, 4) is 11.5 Å². The molecular weight excluding hydrogens is 326 g/mol. The Kier molecular flexibility index (Phi) is 6.67. The summed E-state index contributed by atoms with van der Waals surface area (Å²) in [5, 5.41) is 3.01. The quantitative estimate of drug-likeness (QED) is 0.770. The van der Waals surface area contributed by atoms with Gasteiger partial charge in [0.05, 0.1) is 14.2 Å². The SMILES string of the molecule is COc1ccc(CNC(=O)c2ccc(C(C)C)cc2C(C)C)cc1OC. The largest absolute Gasteiger partial charge is 0.493 e. The van der Waals surface area contributed by atoms with Crippen molar-refractivity contribution in [1.29, 1.82) is 0 Å². The molecule has 0 aliphatic carbocycles. The third-order valence-electron chi connectivity index (χ3n) is 4.51. The smallest absolute Gasteiger partial charge is 0.251 e. The van der Waals surface area contributed by atoms with Gasteiger partial charge in [-0.15, -0.1) is 0 Å². The lowest BCUT2D eigenvalue weighted by atomic mass is 9.91. The molecule has 0 aliphatic rings. The molecule has 0 fully saturated rings. The lowest BCUT2D eigenvalue weighted by molar-refractivity contribution is 0.0949. The molecule has 0 aliphatic heterocycles. The Morgan fingerprint density at radius 1 is 0.923 bits per heavy atom. The highest BCUT2D eigenvalue weighted by Crippen LogP contribution is 2.28. The molecule has 140 valence electrons. The van der Waals surface area contributed by atoms with Gasteiger partial charge in [0.1, 0.15) is 0 Å². The molecule has 1 N–H and O–H groups in total. The highest BCUT2D eigenvalue weighted by molar-refractivity contribution is 5.96. The van der Waals surface area contributed by atoms with Gasteiger partial charge in [0.25, 0.3) is 5.91 Å². The third kappa shape index (κ3) is 4.57. The lowest BCUT2D eigenvalue weighted by Crippen LogP contribution is -2.24. The van der Waals surface area contributed by atoms with Crippen molar-refractivity contribution in [2.75, 3.05) is 14.2 Å². The van der Waals surface area contributed by atoms with Gasteiger partial charge in [-0.3, -0.25) is 4.79 Å². The number of methoxy groups -OCH3 is 2. The topological polar surface area (TPSA) is 47.6 Å². The number of nitrogens with one attached hydrogen (secondary N) is 1. The van der Waals surface area contributed by atoms with Crippen LogP contribution in [0.2, 0.25) is 0 Å². The molecule has 4 nitrogen and oxygen atoms in total. The van der Waals surface area contributed by atoms with E-state index < -0.39 is 0 Å². The summed E-state index contributed by atoms with van der Waals surface area (Å²) >= 11 is 0. The Labute approximate surface area is 156 Å². The van der Waals surface area contributed by atoms with Gasteiger partial charge in [-0.2, -0.15) is 0 Å². The maximum Gasteiger partial charge on any atom is 0.251 e. The predicted molar refractivity (Wildman–Crippen MR) is 105 cm³/mol. The molecule has 2 aromatic carbocycles. The Balaban J connectivity index is 2.17. The first-order chi connectivity index (χ1) is 12.4. The van der Waals surface area contributed by atoms with Crippen LogP contribution in [0.5, 0.6) is 11.5 Å². The van der Waals surface area contributed by atoms with E-state index in [0.717, 1.165) is 16.7 Å². The summed E-state index contributed by atoms with van der Waals surface area (Å²) < 4.78 is 10.6. The number of amides is 1. The molecule has 2 rings (SSSR count). The van der Waals surface area contributed by atoms with E-state index in [4.69, 9.17) is 9.47 Å². The van der Waals surface area contributed by atoms with Crippen LogP contribution in [0.25, 0.3) is 0 Å². The monoisotopic (exact) mass is 355 g/mol. The molecule has 2 aromatic rings. The van der Waals surface area contributed by atoms with Crippen molar-refractivity contribution in [2.24, 2.45) is 0 Å². The summed E-state index contributed by atoms with van der Waals surface area (Å²) in [6.45, 7) is 8.99. The van der Waals surface area contributed by atoms with Crippen LogP contribution in [-0.4, -0.2) is 20.1 Å². The zero-order valence-electron chi connectivity index (χ0n) is 16.6. The Hall–Kier alpha value is -2.49. The average molecular weight is 355 g/mol. The van der Waals surface area contributed by atoms with Crippen LogP contribution in [0.3, 0.4) is 0 Å². The van der Waals surface area contributed by atoms with Crippen LogP contribution < -0.4 is 14.8 Å². The molecule has 0 bridgehead atoms. The van der Waals surface area contributed by atoms with Gasteiger partial charge in [0.15, 0.2) is 11.5 Å². The fourth-order valence-electron chi connectivity index (χ4n) is 2.89. The first-order valence-electron chi connectivity index (χ1n) is 9.00. The van der Waals surface area contributed by atoms with Gasteiger partial charge < -0.3 is 14.8 Å². The van der Waals surface area contributed by atoms with Crippen molar-refractivity contribution in [3.63, 3.8) is 0 Å². The van der Waals surface area contributed by atoms with Crippen molar-refractivity contribution >= 4 is 5.91 Å². The molecule has 0 saturated carbocycles. The van der Waals surface area contributed by atoms with E-state index in [1.165, 1.54) is 5.56 Å². The number of carbonyl (C=O) groups is 1. The summed E-state index contributed by atoms with van der Waals surface area (Å²) in [6, 6.07) is 11.8. The lowest BCUT2D eigenvalue weighted by Gasteiger charge is -2.16. The summed E-state index contributed by atoms with van der Waals surface area (Å²) in [4.78, 5) is 12.7. The van der Waals surface area contributed by atoms with E-state index in [0.29, 0.717) is 24.0 Å². The van der Waals surface area contributed by atoms with E-state index in [9.17, 15) is 4.79 Å². The van der Waals surface area contributed by atoms with E-state index in [1.807, 2.05) is 30.3 Å². The van der Waals surface area contributed by atoms with E-state index in [1.54, 1.807) is 14.2 Å². The Morgan fingerprint density at radius 3 is 2.19 bits per heavy atom. The molecular formula is C22H29NO3. The van der Waals surface area contributed by atoms with Crippen molar-refractivity contribution in [3.05, 3.63) is 58.7 Å². The van der Waals surface area contributed by atoms with Gasteiger partial charge in [-0.05, 0) is 46.7 Å². The first-order valence-corrected chi connectivity index (χ1v) is 9.00. The van der Waals surface area contributed by atoms with E-state index in [-0.39, 0.29) is 11.8 Å². The number of carbonyl (C=O) groups excluding carboxylic acids is 1. The molecule has 0 heterocycles. The Bertz CT molecular complexity index is 766. The zero-order valence-corrected chi connectivity index (χ0v) is 16.6. The maximum atomic E-state index is 12.7. The molecule has 0 saturated heterocycles. The fraction of sp³-hybridized carbons (Fsp3) is 0.409. The van der Waals surface area contributed by atoms with Gasteiger partial charge in [0.2, 0.25) is 0 Å². The van der Waals surface area contributed by atoms with Crippen LogP contribution in [-0.2, 0) is 6.54 Å². The Morgan fingerprint density at radius 2 is 1.62 bits per heavy atom. The summed E-state index contributed by atoms with van der Waals surface area (Å²) in [6.07, 6.45) is 0. The highest BCUT2D eigenvalue weighted by Gasteiger charge is 2.15. The van der Waals surface area contributed by atoms with Gasteiger partial charge in [0, 0.05) is 12.1 Å². The van der Waals surface area contributed by atoms with Crippen LogP contribution >= 0.6 is 0 Å². The maximum absolute atomic E-state index is 12.7. The minimum Gasteiger partial charge on any atom is -0.493 e. The standard InChI is InChI=1S/C22H29NO3/c1-14(2)17-8-9-18(19(12-17)15(3)4)22(24)23-13-16-7-10-20(25-5)21(11-16)26-6/h7-12,14-15H,13H2,1-6H3,(H,23,24). The van der Waals surface area contributed by atoms with E-state index >= 15 is 0 Å². The second-order valence-corrected chi connectivity index (χ2v) is 7.03. The van der Waals surface area contributed by atoms with Crippen LogP contribution in [0, 0.1) is 0 Å². The van der Waals surface area contributed by atoms with Crippen molar-refractivity contribution in [1.82, 2.24) is 5.32 Å². The summed E-state index contributed by atoms with van der Waals surface area (Å²) in [7, 11) is 3.21. The molecule has 0 atom stereocenters. The molecule has 1 amide bonds. The molecule has 4 heteroatoms. The van der Waals surface area contributed by atoms with Gasteiger partial charge >= 0.3 is 0 Å². The third-order valence-corrected chi connectivity index (χ3v) is 4.51. The second kappa shape index (κ2) is 8.75. The van der Waals surface area contributed by atoms with E-state index in [2.05, 4.69) is 39.1 Å². The van der Waals surface area contributed by atoms with Crippen LogP contribution in [0.1, 0.15) is 66.6 Å². The predicted octanol–water partition coefficient (Wildman–Crippen LogP) is 4.88. The average Bonchev–Trinajstić information content (AvgIpc) is 2.65. The summed E-state index contributed by atoms with van der Waals surface area (Å²) in [5.74, 6) is 2.00. The molecule has 0 aromatic heterocycles. The van der Waals surface area contributed by atoms with Crippen LogP contribution in [0.15, 0.2) is 36.4 Å². The van der Waals surface area contributed by atoms with Crippen molar-refractivity contribution < 1.29 is 14.3 Å². The normalized spacial score (nSPS) is 10.9. The number of rotatable bonds is 7. The molecule has 0 radical (unpaired) electrons. The van der Waals surface area contributed by atoms with Gasteiger partial charge in [-0.25, -0.2) is 0 Å². The highest BCUT2D eigenvalue weighted by atomic mass is 16.5. The number of hydrogen-bond donors (Lipinski definition) is 1. The number of ether oxygens (including phenoxy) is 2. The minimum absolute atomic E-state index is 0.0567. The minimum atomic E-state index is -0.0567. The first kappa shape index (κ1) is 19.8. The molecule has 0 unspecified atom stereocenters. The summed E-state index contributed by atoms with van der Waals surface area (Å²) in [5.41, 5.74) is 4.04. The van der Waals surface area contributed by atoms with Gasteiger partial charge in [-0.1, -0.05) is 45.9 Å². The molecule has 26 heavy (non-hydrogen) atoms. The van der Waals surface area contributed by atoms with Crippen molar-refractivity contribution in [2.45, 2.75) is 46.1 Å². The zero-order chi connectivity index (χ0) is 19.3.